The molecule has 0 bridgehead atoms. The van der Waals surface area contributed by atoms with E-state index in [0.29, 0.717) is 18.5 Å². The fourth-order valence-electron chi connectivity index (χ4n) is 1.10. The molecule has 0 aliphatic carbocycles. The third kappa shape index (κ3) is 5.97. The first-order chi connectivity index (χ1) is 5.56. The second-order valence-corrected chi connectivity index (χ2v) is 3.50. The summed E-state index contributed by atoms with van der Waals surface area (Å²) in [6.07, 6.45) is 1.10. The number of hydrogen-bond acceptors (Lipinski definition) is 3. The number of nitrogens with zero attached hydrogens (tertiary/aromatic N) is 1. The lowest BCUT2D eigenvalue weighted by Gasteiger charge is -2.14. The Balaban J connectivity index is 3.50. The summed E-state index contributed by atoms with van der Waals surface area (Å²) in [5, 5.41) is 14.3. The molecule has 0 amide bonds. The Labute approximate surface area is 73.8 Å². The first-order valence-corrected chi connectivity index (χ1v) is 4.26. The average Bonchev–Trinajstić information content (AvgIpc) is 1.99. The van der Waals surface area contributed by atoms with Crippen LogP contribution in [0.3, 0.4) is 0 Å². The van der Waals surface area contributed by atoms with Crippen LogP contribution >= 0.6 is 0 Å². The van der Waals surface area contributed by atoms with Crippen molar-refractivity contribution in [2.45, 2.75) is 33.2 Å². The van der Waals surface area contributed by atoms with E-state index in [9.17, 15) is 0 Å². The summed E-state index contributed by atoms with van der Waals surface area (Å²) < 4.78 is 0. The summed E-state index contributed by atoms with van der Waals surface area (Å²) >= 11 is 0. The summed E-state index contributed by atoms with van der Waals surface area (Å²) in [5.41, 5.74) is 5.29. The van der Waals surface area contributed by atoms with E-state index in [1.165, 1.54) is 0 Å². The summed E-state index contributed by atoms with van der Waals surface area (Å²) in [6, 6.07) is 0.408. The van der Waals surface area contributed by atoms with Crippen LogP contribution in [0.5, 0.6) is 0 Å². The van der Waals surface area contributed by atoms with E-state index in [1.54, 1.807) is 0 Å². The SMILES string of the molecule is CC(C)CC(C)NCC(N)=NO. The Morgan fingerprint density at radius 1 is 1.50 bits per heavy atom. The molecular weight excluding hydrogens is 154 g/mol. The molecule has 0 radical (unpaired) electrons. The van der Waals surface area contributed by atoms with E-state index >= 15 is 0 Å². The Morgan fingerprint density at radius 2 is 2.08 bits per heavy atom. The van der Waals surface area contributed by atoms with Gasteiger partial charge in [-0.2, -0.15) is 0 Å². The number of oxime groups is 1. The van der Waals surface area contributed by atoms with Gasteiger partial charge in [0.1, 0.15) is 0 Å². The van der Waals surface area contributed by atoms with Crippen LogP contribution in [0.4, 0.5) is 0 Å². The highest BCUT2D eigenvalue weighted by atomic mass is 16.4. The van der Waals surface area contributed by atoms with Crippen molar-refractivity contribution in [1.82, 2.24) is 5.32 Å². The molecule has 0 aliphatic heterocycles. The zero-order valence-electron chi connectivity index (χ0n) is 8.04. The molecule has 0 spiro atoms. The molecule has 0 fully saturated rings. The number of nitrogens with two attached hydrogens (primary N) is 1. The van der Waals surface area contributed by atoms with Crippen molar-refractivity contribution >= 4 is 5.84 Å². The number of amidine groups is 1. The maximum Gasteiger partial charge on any atom is 0.153 e. The summed E-state index contributed by atoms with van der Waals surface area (Å²) in [6.45, 7) is 6.87. The molecule has 0 aromatic heterocycles. The van der Waals surface area contributed by atoms with Gasteiger partial charge in [-0.15, -0.1) is 0 Å². The normalized spacial score (nSPS) is 15.2. The molecule has 4 nitrogen and oxygen atoms in total. The third-order valence-corrected chi connectivity index (χ3v) is 1.59. The minimum Gasteiger partial charge on any atom is -0.409 e. The number of nitrogens with one attached hydrogen (secondary N) is 1. The Morgan fingerprint density at radius 3 is 2.50 bits per heavy atom. The lowest BCUT2D eigenvalue weighted by molar-refractivity contribution is 0.316. The first-order valence-electron chi connectivity index (χ1n) is 4.26. The van der Waals surface area contributed by atoms with Crippen LogP contribution < -0.4 is 11.1 Å². The average molecular weight is 173 g/mol. The largest absolute Gasteiger partial charge is 0.409 e. The summed E-state index contributed by atoms with van der Waals surface area (Å²) in [7, 11) is 0. The van der Waals surface area contributed by atoms with Gasteiger partial charge in [-0.1, -0.05) is 19.0 Å². The molecule has 0 saturated heterocycles. The molecule has 0 saturated carbocycles. The van der Waals surface area contributed by atoms with E-state index in [4.69, 9.17) is 10.9 Å². The van der Waals surface area contributed by atoms with Gasteiger partial charge in [-0.05, 0) is 19.3 Å². The van der Waals surface area contributed by atoms with Crippen LogP contribution in [-0.2, 0) is 0 Å². The summed E-state index contributed by atoms with van der Waals surface area (Å²) in [5.74, 6) is 0.894. The van der Waals surface area contributed by atoms with Gasteiger partial charge in [-0.25, -0.2) is 0 Å². The minimum absolute atomic E-state index is 0.227. The lowest BCUT2D eigenvalue weighted by atomic mass is 10.1. The van der Waals surface area contributed by atoms with E-state index in [1.807, 2.05) is 0 Å². The first kappa shape index (κ1) is 11.2. The fraction of sp³-hybridized carbons (Fsp3) is 0.875. The highest BCUT2D eigenvalue weighted by Crippen LogP contribution is 2.02. The van der Waals surface area contributed by atoms with Crippen LogP contribution in [0.1, 0.15) is 27.2 Å². The zero-order chi connectivity index (χ0) is 9.56. The van der Waals surface area contributed by atoms with Gasteiger partial charge in [0, 0.05) is 6.04 Å². The molecule has 0 aromatic rings. The van der Waals surface area contributed by atoms with Gasteiger partial charge >= 0.3 is 0 Å². The van der Waals surface area contributed by atoms with Crippen molar-refractivity contribution in [3.8, 4) is 0 Å². The number of hydrogen-bond donors (Lipinski definition) is 3. The second kappa shape index (κ2) is 5.83. The standard InChI is InChI=1S/C8H19N3O/c1-6(2)4-7(3)10-5-8(9)11-12/h6-7,10,12H,4-5H2,1-3H3,(H2,9,11). The maximum absolute atomic E-state index is 8.25. The lowest BCUT2D eigenvalue weighted by Crippen LogP contribution is -2.35. The van der Waals surface area contributed by atoms with E-state index in [-0.39, 0.29) is 5.84 Å². The molecular formula is C8H19N3O. The van der Waals surface area contributed by atoms with Crippen molar-refractivity contribution < 1.29 is 5.21 Å². The van der Waals surface area contributed by atoms with Crippen molar-refractivity contribution in [2.24, 2.45) is 16.8 Å². The molecule has 4 N–H and O–H groups in total. The highest BCUT2D eigenvalue weighted by molar-refractivity contribution is 5.81. The van der Waals surface area contributed by atoms with Gasteiger partial charge in [0.2, 0.25) is 0 Å². The molecule has 0 aromatic carbocycles. The van der Waals surface area contributed by atoms with E-state index in [0.717, 1.165) is 6.42 Å². The smallest absolute Gasteiger partial charge is 0.153 e. The second-order valence-electron chi connectivity index (χ2n) is 3.50. The van der Waals surface area contributed by atoms with Crippen LogP contribution in [0.25, 0.3) is 0 Å². The molecule has 1 unspecified atom stereocenters. The molecule has 0 aliphatic rings. The predicted octanol–water partition coefficient (Wildman–Crippen LogP) is 0.757. The fourth-order valence-corrected chi connectivity index (χ4v) is 1.10. The van der Waals surface area contributed by atoms with Crippen LogP contribution in [0.15, 0.2) is 5.16 Å². The van der Waals surface area contributed by atoms with Crippen LogP contribution in [-0.4, -0.2) is 23.6 Å². The van der Waals surface area contributed by atoms with Gasteiger partial charge in [-0.3, -0.25) is 0 Å². The Hall–Kier alpha value is -0.770. The molecule has 0 rings (SSSR count). The van der Waals surface area contributed by atoms with Gasteiger partial charge in [0.25, 0.3) is 0 Å². The van der Waals surface area contributed by atoms with Crippen LogP contribution in [0, 0.1) is 5.92 Å². The van der Waals surface area contributed by atoms with Gasteiger partial charge in [0.15, 0.2) is 5.84 Å². The Kier molecular flexibility index (Phi) is 5.45. The topological polar surface area (TPSA) is 70.6 Å². The monoisotopic (exact) mass is 173 g/mol. The van der Waals surface area contributed by atoms with Gasteiger partial charge < -0.3 is 16.3 Å². The van der Waals surface area contributed by atoms with E-state index in [2.05, 4.69) is 31.2 Å². The van der Waals surface area contributed by atoms with Crippen molar-refractivity contribution in [3.63, 3.8) is 0 Å². The van der Waals surface area contributed by atoms with E-state index < -0.39 is 0 Å². The molecule has 72 valence electrons. The highest BCUT2D eigenvalue weighted by Gasteiger charge is 2.04. The molecule has 4 heteroatoms. The quantitative estimate of drug-likeness (QED) is 0.249. The summed E-state index contributed by atoms with van der Waals surface area (Å²) in [4.78, 5) is 0. The van der Waals surface area contributed by atoms with Crippen molar-refractivity contribution in [1.29, 1.82) is 0 Å². The molecule has 0 heterocycles. The zero-order valence-corrected chi connectivity index (χ0v) is 8.04. The van der Waals surface area contributed by atoms with Crippen molar-refractivity contribution in [2.75, 3.05) is 6.54 Å². The Bertz CT molecular complexity index is 145. The van der Waals surface area contributed by atoms with Crippen LogP contribution in [0.2, 0.25) is 0 Å². The molecule has 1 atom stereocenters. The third-order valence-electron chi connectivity index (χ3n) is 1.59. The number of rotatable bonds is 5. The van der Waals surface area contributed by atoms with Crippen molar-refractivity contribution in [3.05, 3.63) is 0 Å². The molecule has 12 heavy (non-hydrogen) atoms. The minimum atomic E-state index is 0.227. The maximum atomic E-state index is 8.25. The predicted molar refractivity (Wildman–Crippen MR) is 50.3 cm³/mol. The van der Waals surface area contributed by atoms with Gasteiger partial charge in [0.05, 0.1) is 6.54 Å².